The van der Waals surface area contributed by atoms with Crippen molar-refractivity contribution in [3.63, 3.8) is 0 Å². The van der Waals surface area contributed by atoms with Gasteiger partial charge < -0.3 is 9.53 Å². The quantitative estimate of drug-likeness (QED) is 0.389. The fraction of sp³-hybridized carbons (Fsp3) is 0.650. The largest absolute Gasteiger partial charge is 0.380 e. The lowest BCUT2D eigenvalue weighted by molar-refractivity contribution is -0.117. The summed E-state index contributed by atoms with van der Waals surface area (Å²) in [5.41, 5.74) is 1.11. The second-order valence-electron chi connectivity index (χ2n) is 7.48. The zero-order chi connectivity index (χ0) is 17.3. The second-order valence-corrected chi connectivity index (χ2v) is 12.5. The van der Waals surface area contributed by atoms with E-state index in [1.54, 1.807) is 7.11 Å². The molecule has 3 heteroatoms. The van der Waals surface area contributed by atoms with E-state index in [0.29, 0.717) is 5.41 Å². The van der Waals surface area contributed by atoms with Crippen molar-refractivity contribution >= 4 is 13.5 Å². The molecular weight excluding hydrogens is 300 g/mol. The molecule has 1 aromatic carbocycles. The van der Waals surface area contributed by atoms with Crippen molar-refractivity contribution in [2.24, 2.45) is 0 Å². The molecule has 1 aromatic rings. The lowest BCUT2D eigenvalue weighted by Crippen LogP contribution is -2.42. The van der Waals surface area contributed by atoms with Crippen LogP contribution in [-0.2, 0) is 9.53 Å². The van der Waals surface area contributed by atoms with Crippen LogP contribution in [0.15, 0.2) is 30.3 Å². The summed E-state index contributed by atoms with van der Waals surface area (Å²) in [6.45, 7) is 8.65. The molecule has 0 heterocycles. The van der Waals surface area contributed by atoms with Gasteiger partial charge in [-0.1, -0.05) is 89.0 Å². The minimum Gasteiger partial charge on any atom is -0.380 e. The maximum atomic E-state index is 13.1. The first-order chi connectivity index (χ1) is 10.9. The molecule has 130 valence electrons. The van der Waals surface area contributed by atoms with E-state index in [1.807, 2.05) is 18.2 Å². The number of carbonyl (C=O) groups excluding carboxylic acids is 1. The van der Waals surface area contributed by atoms with Crippen LogP contribution in [0.25, 0.3) is 0 Å². The van der Waals surface area contributed by atoms with E-state index < -0.39 is 8.07 Å². The second kappa shape index (κ2) is 10.0. The Morgan fingerprint density at radius 1 is 1.04 bits per heavy atom. The number of unbranched alkanes of at least 4 members (excludes halogenated alkanes) is 4. The summed E-state index contributed by atoms with van der Waals surface area (Å²) in [5, 5.41) is 0.407. The molecule has 0 saturated carbocycles. The highest BCUT2D eigenvalue weighted by atomic mass is 28.3. The van der Waals surface area contributed by atoms with Gasteiger partial charge in [0.1, 0.15) is 13.5 Å². The lowest BCUT2D eigenvalue weighted by atomic mass is 9.91. The van der Waals surface area contributed by atoms with Gasteiger partial charge in [-0.25, -0.2) is 0 Å². The first-order valence-electron chi connectivity index (χ1n) is 9.03. The highest BCUT2D eigenvalue weighted by molar-refractivity contribution is 7.04. The average molecular weight is 335 g/mol. The molecule has 0 bridgehead atoms. The third-order valence-corrected chi connectivity index (χ3v) is 6.24. The molecule has 23 heavy (non-hydrogen) atoms. The van der Waals surface area contributed by atoms with Crippen LogP contribution in [0.4, 0.5) is 0 Å². The van der Waals surface area contributed by atoms with Crippen LogP contribution in [-0.4, -0.2) is 26.7 Å². The van der Waals surface area contributed by atoms with Gasteiger partial charge in [-0.2, -0.15) is 0 Å². The maximum absolute atomic E-state index is 13.1. The summed E-state index contributed by atoms with van der Waals surface area (Å²) in [5.74, 6) is -0.112. The minimum atomic E-state index is -1.86. The Balaban J connectivity index is 2.86. The van der Waals surface area contributed by atoms with Gasteiger partial charge in [-0.15, -0.1) is 0 Å². The zero-order valence-corrected chi connectivity index (χ0v) is 16.6. The Morgan fingerprint density at radius 3 is 2.17 bits per heavy atom. The Hall–Kier alpha value is -0.933. The fourth-order valence-corrected chi connectivity index (χ4v) is 4.32. The molecule has 0 aliphatic heterocycles. The highest BCUT2D eigenvalue weighted by Gasteiger charge is 2.37. The molecule has 0 saturated heterocycles. The van der Waals surface area contributed by atoms with E-state index in [-0.39, 0.29) is 12.0 Å². The van der Waals surface area contributed by atoms with Gasteiger partial charge >= 0.3 is 0 Å². The molecule has 0 amide bonds. The van der Waals surface area contributed by atoms with Gasteiger partial charge in [0.25, 0.3) is 0 Å². The molecule has 0 aliphatic carbocycles. The summed E-state index contributed by atoms with van der Waals surface area (Å²) in [4.78, 5) is 13.1. The first kappa shape index (κ1) is 20.1. The SMILES string of the molecule is CCCCCCC[C@H](OC)[C@@H](C(=O)[Si](C)(C)C)c1ccccc1. The minimum absolute atomic E-state index is 0.00162. The molecule has 1 rings (SSSR count). The summed E-state index contributed by atoms with van der Waals surface area (Å²) >= 11 is 0. The molecule has 0 aliphatic rings. The van der Waals surface area contributed by atoms with Crippen molar-refractivity contribution in [2.75, 3.05) is 7.11 Å². The molecule has 0 spiro atoms. The molecule has 0 N–H and O–H groups in total. The van der Waals surface area contributed by atoms with E-state index in [2.05, 4.69) is 38.7 Å². The van der Waals surface area contributed by atoms with Crippen molar-refractivity contribution in [3.8, 4) is 0 Å². The molecule has 2 nitrogen and oxygen atoms in total. The normalized spacial score (nSPS) is 14.5. The Bertz CT molecular complexity index is 450. The summed E-state index contributed by atoms with van der Waals surface area (Å²) in [7, 11) is -0.110. The monoisotopic (exact) mass is 334 g/mol. The molecule has 0 radical (unpaired) electrons. The Labute approximate surface area is 143 Å². The van der Waals surface area contributed by atoms with Crippen LogP contribution in [0.3, 0.4) is 0 Å². The number of rotatable bonds is 11. The lowest BCUT2D eigenvalue weighted by Gasteiger charge is -2.30. The number of carbonyl (C=O) groups is 1. The van der Waals surface area contributed by atoms with E-state index in [1.165, 1.54) is 25.7 Å². The van der Waals surface area contributed by atoms with Crippen molar-refractivity contribution in [1.29, 1.82) is 0 Å². The van der Waals surface area contributed by atoms with Gasteiger partial charge in [0.15, 0.2) is 0 Å². The van der Waals surface area contributed by atoms with Crippen molar-refractivity contribution in [1.82, 2.24) is 0 Å². The van der Waals surface area contributed by atoms with Crippen LogP contribution < -0.4 is 0 Å². The number of hydrogen-bond acceptors (Lipinski definition) is 2. The number of benzene rings is 1. The highest BCUT2D eigenvalue weighted by Crippen LogP contribution is 2.30. The topological polar surface area (TPSA) is 26.3 Å². The third-order valence-electron chi connectivity index (χ3n) is 4.45. The van der Waals surface area contributed by atoms with Gasteiger partial charge in [0.05, 0.1) is 12.0 Å². The smallest absolute Gasteiger partial charge is 0.124 e. The van der Waals surface area contributed by atoms with Gasteiger partial charge in [-0.3, -0.25) is 0 Å². The number of methoxy groups -OCH3 is 1. The maximum Gasteiger partial charge on any atom is 0.124 e. The average Bonchev–Trinajstić information content (AvgIpc) is 2.53. The fourth-order valence-electron chi connectivity index (χ4n) is 3.03. The molecular formula is C20H34O2Si. The summed E-state index contributed by atoms with van der Waals surface area (Å²) in [6.07, 6.45) is 7.18. The van der Waals surface area contributed by atoms with Gasteiger partial charge in [0.2, 0.25) is 0 Å². The van der Waals surface area contributed by atoms with Gasteiger partial charge in [0, 0.05) is 7.11 Å². The summed E-state index contributed by atoms with van der Waals surface area (Å²) < 4.78 is 5.79. The standard InChI is InChI=1S/C20H34O2Si/c1-6-7-8-9-13-16-18(22-2)19(20(21)23(3,4)5)17-14-11-10-12-15-17/h10-12,14-15,18-19H,6-9,13,16H2,1-5H3/t18-,19-/m0/s1. The number of hydrogen-bond donors (Lipinski definition) is 0. The van der Waals surface area contributed by atoms with E-state index in [9.17, 15) is 4.79 Å². The molecule has 0 aromatic heterocycles. The van der Waals surface area contributed by atoms with Gasteiger partial charge in [-0.05, 0) is 12.0 Å². The van der Waals surface area contributed by atoms with Crippen molar-refractivity contribution in [2.45, 2.75) is 77.1 Å². The van der Waals surface area contributed by atoms with Crippen LogP contribution >= 0.6 is 0 Å². The first-order valence-corrected chi connectivity index (χ1v) is 12.5. The molecule has 2 atom stereocenters. The van der Waals surface area contributed by atoms with Crippen LogP contribution in [0.1, 0.15) is 56.9 Å². The molecule has 0 fully saturated rings. The molecule has 0 unspecified atom stereocenters. The van der Waals surface area contributed by atoms with E-state index >= 15 is 0 Å². The van der Waals surface area contributed by atoms with Crippen molar-refractivity contribution in [3.05, 3.63) is 35.9 Å². The summed E-state index contributed by atoms with van der Waals surface area (Å²) in [6, 6.07) is 10.2. The van der Waals surface area contributed by atoms with Crippen LogP contribution in [0.5, 0.6) is 0 Å². The number of ether oxygens (including phenoxy) is 1. The van der Waals surface area contributed by atoms with Crippen LogP contribution in [0.2, 0.25) is 19.6 Å². The predicted octanol–water partition coefficient (Wildman–Crippen LogP) is 5.59. The Morgan fingerprint density at radius 2 is 1.65 bits per heavy atom. The zero-order valence-electron chi connectivity index (χ0n) is 15.6. The van der Waals surface area contributed by atoms with Crippen LogP contribution in [0, 0.1) is 0 Å². The third kappa shape index (κ3) is 6.60. The van der Waals surface area contributed by atoms with Crippen molar-refractivity contribution < 1.29 is 9.53 Å². The Kier molecular flexibility index (Phi) is 8.78. The van der Waals surface area contributed by atoms with E-state index in [4.69, 9.17) is 4.74 Å². The predicted molar refractivity (Wildman–Crippen MR) is 102 cm³/mol. The van der Waals surface area contributed by atoms with E-state index in [0.717, 1.165) is 18.4 Å².